The molecule has 0 amide bonds. The molecule has 2 aromatic carbocycles. The van der Waals surface area contributed by atoms with E-state index in [-0.39, 0.29) is 35.1 Å². The zero-order chi connectivity index (χ0) is 26.1. The van der Waals surface area contributed by atoms with Crippen LogP contribution in [0.25, 0.3) is 0 Å². The van der Waals surface area contributed by atoms with Gasteiger partial charge in [-0.25, -0.2) is 22.4 Å². The van der Waals surface area contributed by atoms with Gasteiger partial charge in [-0.1, -0.05) is 24.6 Å². The molecule has 0 spiro atoms. The molecule has 2 aromatic rings. The molecule has 1 saturated heterocycles. The second kappa shape index (κ2) is 10.6. The summed E-state index contributed by atoms with van der Waals surface area (Å²) in [5.41, 5.74) is -0.208. The number of carboxylic acids is 1. The highest BCUT2D eigenvalue weighted by Gasteiger charge is 2.38. The van der Waals surface area contributed by atoms with Crippen molar-refractivity contribution in [2.45, 2.75) is 32.7 Å². The van der Waals surface area contributed by atoms with E-state index in [4.69, 9.17) is 11.6 Å². The molecule has 192 valence electrons. The molecule has 5 nitrogen and oxygen atoms in total. The summed E-state index contributed by atoms with van der Waals surface area (Å²) in [6.07, 6.45) is 1.86. The van der Waals surface area contributed by atoms with Crippen LogP contribution in [0.4, 0.5) is 17.6 Å². The number of aliphatic imine (C=N–C) groups is 1. The number of nitrogens with zero attached hydrogens (tertiary/aromatic N) is 3. The first-order valence-electron chi connectivity index (χ1n) is 11.7. The standard InChI is InChI=1S/C26H26ClF4N3O2/c1-3-34-21(13-33-8-6-14(2)7-9-33)23(26(35)36)24(17-5-4-15(28)10-18(17)27)32-25(34)22-19(30)11-16(29)12-20(22)31/h4-5,10-12,14,24H,3,6-9,13H2,1-2H3,(H,35,36). The van der Waals surface area contributed by atoms with Crippen molar-refractivity contribution < 1.29 is 27.5 Å². The smallest absolute Gasteiger partial charge is 0.335 e. The molecule has 0 radical (unpaired) electrons. The van der Waals surface area contributed by atoms with Gasteiger partial charge >= 0.3 is 5.97 Å². The maximum Gasteiger partial charge on any atom is 0.335 e. The Balaban J connectivity index is 1.93. The minimum absolute atomic E-state index is 0.0713. The fraction of sp³-hybridized carbons (Fsp3) is 0.385. The molecule has 10 heteroatoms. The first kappa shape index (κ1) is 26.2. The number of aliphatic carboxylic acids is 1. The van der Waals surface area contributed by atoms with E-state index in [1.54, 1.807) is 6.92 Å². The topological polar surface area (TPSA) is 56.1 Å². The van der Waals surface area contributed by atoms with Crippen molar-refractivity contribution in [1.29, 1.82) is 0 Å². The van der Waals surface area contributed by atoms with Gasteiger partial charge in [-0.3, -0.25) is 9.89 Å². The maximum absolute atomic E-state index is 14.9. The van der Waals surface area contributed by atoms with Crippen LogP contribution in [0.1, 0.15) is 43.9 Å². The first-order chi connectivity index (χ1) is 17.1. The molecule has 2 heterocycles. The largest absolute Gasteiger partial charge is 0.478 e. The van der Waals surface area contributed by atoms with Crippen molar-refractivity contribution in [3.05, 3.63) is 81.0 Å². The van der Waals surface area contributed by atoms with Gasteiger partial charge in [0.1, 0.15) is 35.1 Å². The van der Waals surface area contributed by atoms with Gasteiger partial charge in [0.15, 0.2) is 0 Å². The Labute approximate surface area is 211 Å². The Hall–Kier alpha value is -2.91. The van der Waals surface area contributed by atoms with Crippen LogP contribution >= 0.6 is 11.6 Å². The first-order valence-corrected chi connectivity index (χ1v) is 12.1. The number of hydrogen-bond acceptors (Lipinski definition) is 4. The Kier molecular flexibility index (Phi) is 7.70. The number of hydrogen-bond donors (Lipinski definition) is 1. The number of rotatable bonds is 6. The third kappa shape index (κ3) is 5.13. The summed E-state index contributed by atoms with van der Waals surface area (Å²) in [6, 6.07) is 3.30. The minimum Gasteiger partial charge on any atom is -0.478 e. The lowest BCUT2D eigenvalue weighted by molar-refractivity contribution is -0.133. The van der Waals surface area contributed by atoms with E-state index >= 15 is 0 Å². The van der Waals surface area contributed by atoms with Crippen molar-refractivity contribution in [3.8, 4) is 0 Å². The highest BCUT2D eigenvalue weighted by molar-refractivity contribution is 6.31. The second-order valence-electron chi connectivity index (χ2n) is 9.13. The van der Waals surface area contributed by atoms with Gasteiger partial charge in [-0.05, 0) is 50.9 Å². The van der Waals surface area contributed by atoms with Crippen LogP contribution in [0.15, 0.2) is 46.6 Å². The van der Waals surface area contributed by atoms with E-state index in [0.29, 0.717) is 23.7 Å². The number of halogens is 5. The van der Waals surface area contributed by atoms with Crippen molar-refractivity contribution in [3.63, 3.8) is 0 Å². The van der Waals surface area contributed by atoms with Crippen molar-refractivity contribution in [2.24, 2.45) is 10.9 Å². The zero-order valence-electron chi connectivity index (χ0n) is 19.9. The summed E-state index contributed by atoms with van der Waals surface area (Å²) in [6.45, 7) is 5.65. The van der Waals surface area contributed by atoms with E-state index in [1.165, 1.54) is 11.0 Å². The van der Waals surface area contributed by atoms with E-state index in [9.17, 15) is 27.5 Å². The molecular weight excluding hydrogens is 498 g/mol. The third-order valence-corrected chi connectivity index (χ3v) is 7.03. The van der Waals surface area contributed by atoms with E-state index in [1.807, 2.05) is 0 Å². The average Bonchev–Trinajstić information content (AvgIpc) is 2.79. The predicted octanol–water partition coefficient (Wildman–Crippen LogP) is 5.79. The number of carbonyl (C=O) groups is 1. The van der Waals surface area contributed by atoms with Crippen molar-refractivity contribution in [1.82, 2.24) is 9.80 Å². The van der Waals surface area contributed by atoms with Gasteiger partial charge in [-0.2, -0.15) is 0 Å². The molecule has 1 atom stereocenters. The number of carboxylic acid groups (broad SMARTS) is 1. The van der Waals surface area contributed by atoms with Crippen LogP contribution < -0.4 is 0 Å². The molecule has 2 aliphatic heterocycles. The van der Waals surface area contributed by atoms with Crippen LogP contribution in [0.3, 0.4) is 0 Å². The molecule has 2 aliphatic rings. The molecule has 1 unspecified atom stereocenters. The lowest BCUT2D eigenvalue weighted by Crippen LogP contribution is -2.44. The van der Waals surface area contributed by atoms with Crippen LogP contribution in [-0.4, -0.2) is 52.9 Å². The Morgan fingerprint density at radius 1 is 1.08 bits per heavy atom. The van der Waals surface area contributed by atoms with Crippen LogP contribution in [0, 0.1) is 29.2 Å². The monoisotopic (exact) mass is 523 g/mol. The summed E-state index contributed by atoms with van der Waals surface area (Å²) >= 11 is 6.29. The van der Waals surface area contributed by atoms with Gasteiger partial charge in [-0.15, -0.1) is 0 Å². The van der Waals surface area contributed by atoms with Gasteiger partial charge < -0.3 is 10.0 Å². The molecular formula is C26H26ClF4N3O2. The van der Waals surface area contributed by atoms with E-state index < -0.39 is 40.8 Å². The molecule has 0 saturated carbocycles. The Morgan fingerprint density at radius 2 is 1.72 bits per heavy atom. The van der Waals surface area contributed by atoms with Crippen LogP contribution in [0.5, 0.6) is 0 Å². The highest BCUT2D eigenvalue weighted by atomic mass is 35.5. The maximum atomic E-state index is 14.9. The summed E-state index contributed by atoms with van der Waals surface area (Å²) in [7, 11) is 0. The van der Waals surface area contributed by atoms with E-state index in [2.05, 4.69) is 16.8 Å². The number of amidine groups is 1. The number of piperidine rings is 1. The normalized spacial score (nSPS) is 19.6. The molecule has 1 N–H and O–H groups in total. The van der Waals surface area contributed by atoms with Crippen LogP contribution in [0.2, 0.25) is 5.02 Å². The van der Waals surface area contributed by atoms with Crippen molar-refractivity contribution in [2.75, 3.05) is 26.2 Å². The van der Waals surface area contributed by atoms with Gasteiger partial charge in [0, 0.05) is 41.5 Å². The molecule has 0 aromatic heterocycles. The number of likely N-dealkylation sites (N-methyl/N-ethyl adjacent to an activating group) is 1. The van der Waals surface area contributed by atoms with Gasteiger partial charge in [0.2, 0.25) is 0 Å². The fourth-order valence-electron chi connectivity index (χ4n) is 4.77. The van der Waals surface area contributed by atoms with Crippen molar-refractivity contribution >= 4 is 23.4 Å². The van der Waals surface area contributed by atoms with Gasteiger partial charge in [0.05, 0.1) is 11.1 Å². The lowest BCUT2D eigenvalue weighted by atomic mass is 9.92. The summed E-state index contributed by atoms with van der Waals surface area (Å²) < 4.78 is 57.4. The number of likely N-dealkylation sites (tertiary alicyclic amines) is 1. The average molecular weight is 524 g/mol. The SMILES string of the molecule is CCN1C(c2c(F)cc(F)cc2F)=NC(c2ccc(F)cc2Cl)C(C(=O)O)=C1CN1CCC(C)CC1. The molecule has 36 heavy (non-hydrogen) atoms. The highest BCUT2D eigenvalue weighted by Crippen LogP contribution is 2.40. The molecule has 4 rings (SSSR count). The quantitative estimate of drug-likeness (QED) is 0.487. The van der Waals surface area contributed by atoms with E-state index in [0.717, 1.165) is 38.1 Å². The molecule has 0 aliphatic carbocycles. The predicted molar refractivity (Wildman–Crippen MR) is 129 cm³/mol. The Bertz CT molecular complexity index is 1220. The Morgan fingerprint density at radius 3 is 2.28 bits per heavy atom. The lowest BCUT2D eigenvalue weighted by Gasteiger charge is -2.39. The summed E-state index contributed by atoms with van der Waals surface area (Å²) in [4.78, 5) is 20.6. The number of benzene rings is 2. The summed E-state index contributed by atoms with van der Waals surface area (Å²) in [5.74, 6) is -4.97. The molecule has 1 fully saturated rings. The zero-order valence-corrected chi connectivity index (χ0v) is 20.6. The van der Waals surface area contributed by atoms with Crippen LogP contribution in [-0.2, 0) is 4.79 Å². The van der Waals surface area contributed by atoms with Gasteiger partial charge in [0.25, 0.3) is 0 Å². The summed E-state index contributed by atoms with van der Waals surface area (Å²) in [5, 5.41) is 10.2. The fourth-order valence-corrected chi connectivity index (χ4v) is 5.05. The molecule has 0 bridgehead atoms. The second-order valence-corrected chi connectivity index (χ2v) is 9.54. The minimum atomic E-state index is -1.28. The third-order valence-electron chi connectivity index (χ3n) is 6.70.